The van der Waals surface area contributed by atoms with Crippen molar-refractivity contribution in [2.75, 3.05) is 19.6 Å². The van der Waals surface area contributed by atoms with Crippen LogP contribution in [0.3, 0.4) is 0 Å². The van der Waals surface area contributed by atoms with Gasteiger partial charge in [-0.05, 0) is 0 Å². The van der Waals surface area contributed by atoms with Crippen LogP contribution in [0.1, 0.15) is 5.56 Å². The molecule has 16 heavy (non-hydrogen) atoms. The number of nitrogens with zero attached hydrogens (tertiary/aromatic N) is 1. The smallest absolute Gasteiger partial charge is 0.225 e. The Kier molecular flexibility index (Phi) is 3.98. The number of nitriles is 1. The summed E-state index contributed by atoms with van der Waals surface area (Å²) in [6.07, 6.45) is 0.470. The van der Waals surface area contributed by atoms with E-state index in [2.05, 4.69) is 10.9 Å². The fraction of sp³-hybridized carbons (Fsp3) is 0.200. The Balaban J connectivity index is 3.16. The molecule has 0 aliphatic heterocycles. The molecule has 0 radical (unpaired) electrons. The molecule has 1 aromatic rings. The summed E-state index contributed by atoms with van der Waals surface area (Å²) in [7, 11) is 2.97. The van der Waals surface area contributed by atoms with Crippen LogP contribution in [-0.2, 0) is 4.79 Å². The average Bonchev–Trinajstić information content (AvgIpc) is 2.35. The van der Waals surface area contributed by atoms with E-state index in [-0.39, 0.29) is 0 Å². The number of methoxy groups -OCH3 is 2. The first-order chi connectivity index (χ1) is 7.76. The van der Waals surface area contributed by atoms with E-state index in [0.717, 1.165) is 0 Å². The molecule has 0 bridgehead atoms. The van der Waals surface area contributed by atoms with Gasteiger partial charge in [0, 0.05) is 12.1 Å². The molecule has 0 fully saturated rings. The molecule has 6 nitrogen and oxygen atoms in total. The van der Waals surface area contributed by atoms with Crippen LogP contribution in [0.4, 0.5) is 5.69 Å². The molecule has 0 saturated heterocycles. The van der Waals surface area contributed by atoms with Gasteiger partial charge in [-0.25, -0.2) is 0 Å². The summed E-state index contributed by atoms with van der Waals surface area (Å²) in [6, 6.07) is 5.06. The summed E-state index contributed by atoms with van der Waals surface area (Å²) < 4.78 is 10.1. The molecule has 0 aliphatic rings. The lowest BCUT2D eigenvalue weighted by atomic mass is 10.1. The molecule has 0 aliphatic carbocycles. The zero-order valence-electron chi connectivity index (χ0n) is 8.90. The summed E-state index contributed by atoms with van der Waals surface area (Å²) in [4.78, 5) is 10.1. The minimum Gasteiger partial charge on any atom is -0.493 e. The van der Waals surface area contributed by atoms with Gasteiger partial charge in [0.05, 0.1) is 25.5 Å². The number of rotatable bonds is 5. The molecule has 0 unspecified atom stereocenters. The molecular weight excluding hydrogens is 210 g/mol. The van der Waals surface area contributed by atoms with Crippen molar-refractivity contribution < 1.29 is 14.3 Å². The second-order valence-electron chi connectivity index (χ2n) is 2.75. The topological polar surface area (TPSA) is 83.4 Å². The minimum absolute atomic E-state index is 0.340. The van der Waals surface area contributed by atoms with Crippen molar-refractivity contribution in [3.63, 3.8) is 0 Å². The van der Waals surface area contributed by atoms with Crippen LogP contribution in [0, 0.1) is 11.3 Å². The van der Waals surface area contributed by atoms with Crippen molar-refractivity contribution in [1.29, 1.82) is 5.26 Å². The number of anilines is 1. The van der Waals surface area contributed by atoms with Crippen LogP contribution < -0.4 is 20.3 Å². The number of hydrogen-bond donors (Lipinski definition) is 2. The highest BCUT2D eigenvalue weighted by Crippen LogP contribution is 2.32. The Morgan fingerprint density at radius 3 is 2.44 bits per heavy atom. The summed E-state index contributed by atoms with van der Waals surface area (Å²) in [5.74, 6) is 0.924. The predicted molar refractivity (Wildman–Crippen MR) is 57.1 cm³/mol. The third-order valence-electron chi connectivity index (χ3n) is 1.91. The monoisotopic (exact) mass is 221 g/mol. The maximum Gasteiger partial charge on any atom is 0.225 e. The summed E-state index contributed by atoms with van der Waals surface area (Å²) in [5, 5.41) is 8.90. The molecule has 0 heterocycles. The Labute approximate surface area is 92.7 Å². The molecule has 2 N–H and O–H groups in total. The molecule has 0 saturated carbocycles. The van der Waals surface area contributed by atoms with E-state index in [1.165, 1.54) is 20.3 Å². The Hall–Kier alpha value is -2.42. The van der Waals surface area contributed by atoms with Gasteiger partial charge < -0.3 is 9.47 Å². The quantitative estimate of drug-likeness (QED) is 0.563. The lowest BCUT2D eigenvalue weighted by molar-refractivity contribution is -0.109. The summed E-state index contributed by atoms with van der Waals surface area (Å²) >= 11 is 0. The second kappa shape index (κ2) is 5.46. The normalized spacial score (nSPS) is 8.81. The van der Waals surface area contributed by atoms with Crippen molar-refractivity contribution in [2.45, 2.75) is 0 Å². The molecule has 84 valence electrons. The van der Waals surface area contributed by atoms with Crippen LogP contribution in [0.2, 0.25) is 0 Å². The summed E-state index contributed by atoms with van der Waals surface area (Å²) in [6.45, 7) is 0. The number of amides is 1. The van der Waals surface area contributed by atoms with Gasteiger partial charge in [0.2, 0.25) is 6.41 Å². The van der Waals surface area contributed by atoms with E-state index in [0.29, 0.717) is 29.2 Å². The first-order valence-corrected chi connectivity index (χ1v) is 4.38. The van der Waals surface area contributed by atoms with Crippen LogP contribution in [-0.4, -0.2) is 20.6 Å². The maximum atomic E-state index is 10.1. The van der Waals surface area contributed by atoms with E-state index >= 15 is 0 Å². The van der Waals surface area contributed by atoms with Crippen molar-refractivity contribution in [3.8, 4) is 17.6 Å². The zero-order chi connectivity index (χ0) is 12.0. The number of nitrogens with one attached hydrogen (secondary N) is 2. The maximum absolute atomic E-state index is 10.1. The molecular formula is C10H11N3O3. The Morgan fingerprint density at radius 1 is 1.31 bits per heavy atom. The first-order valence-electron chi connectivity index (χ1n) is 4.38. The molecule has 0 atom stereocenters. The van der Waals surface area contributed by atoms with Crippen molar-refractivity contribution in [1.82, 2.24) is 5.43 Å². The number of hydrazine groups is 1. The molecule has 1 amide bonds. The van der Waals surface area contributed by atoms with Gasteiger partial charge in [0.15, 0.2) is 11.5 Å². The Bertz CT molecular complexity index is 426. The average molecular weight is 221 g/mol. The van der Waals surface area contributed by atoms with Gasteiger partial charge in [-0.15, -0.1) is 0 Å². The summed E-state index contributed by atoms with van der Waals surface area (Å²) in [5.41, 5.74) is 5.59. The van der Waals surface area contributed by atoms with E-state index in [1.807, 2.05) is 6.07 Å². The van der Waals surface area contributed by atoms with E-state index in [9.17, 15) is 4.79 Å². The van der Waals surface area contributed by atoms with Crippen molar-refractivity contribution >= 4 is 12.1 Å². The number of carbonyl (C=O) groups is 1. The fourth-order valence-corrected chi connectivity index (χ4v) is 1.18. The molecule has 0 aromatic heterocycles. The van der Waals surface area contributed by atoms with Crippen LogP contribution in [0.25, 0.3) is 0 Å². The highest BCUT2D eigenvalue weighted by atomic mass is 16.5. The van der Waals surface area contributed by atoms with Crippen molar-refractivity contribution in [2.24, 2.45) is 0 Å². The molecule has 1 aromatic carbocycles. The van der Waals surface area contributed by atoms with Gasteiger partial charge in [0.1, 0.15) is 6.07 Å². The third kappa shape index (κ3) is 2.33. The van der Waals surface area contributed by atoms with Crippen LogP contribution >= 0.6 is 0 Å². The second-order valence-corrected chi connectivity index (χ2v) is 2.75. The van der Waals surface area contributed by atoms with Gasteiger partial charge in [0.25, 0.3) is 0 Å². The third-order valence-corrected chi connectivity index (χ3v) is 1.91. The lowest BCUT2D eigenvalue weighted by Crippen LogP contribution is -2.19. The SMILES string of the molecule is COc1cc(C#N)c(NNC=O)cc1OC. The lowest BCUT2D eigenvalue weighted by Gasteiger charge is -2.12. The minimum atomic E-state index is 0.340. The highest BCUT2D eigenvalue weighted by molar-refractivity contribution is 5.66. The molecule has 1 rings (SSSR count). The molecule has 6 heteroatoms. The van der Waals surface area contributed by atoms with Crippen LogP contribution in [0.15, 0.2) is 12.1 Å². The number of ether oxygens (including phenoxy) is 2. The van der Waals surface area contributed by atoms with Gasteiger partial charge in [-0.3, -0.25) is 15.6 Å². The number of carbonyl (C=O) groups excluding carboxylic acids is 1. The largest absolute Gasteiger partial charge is 0.493 e. The van der Waals surface area contributed by atoms with Crippen molar-refractivity contribution in [3.05, 3.63) is 17.7 Å². The number of benzene rings is 1. The van der Waals surface area contributed by atoms with Crippen LogP contribution in [0.5, 0.6) is 11.5 Å². The first kappa shape index (κ1) is 11.7. The van der Waals surface area contributed by atoms with Gasteiger partial charge >= 0.3 is 0 Å². The van der Waals surface area contributed by atoms with Gasteiger partial charge in [-0.1, -0.05) is 0 Å². The zero-order valence-corrected chi connectivity index (χ0v) is 8.90. The van der Waals surface area contributed by atoms with Gasteiger partial charge in [-0.2, -0.15) is 5.26 Å². The number of hydrogen-bond acceptors (Lipinski definition) is 5. The van der Waals surface area contributed by atoms with E-state index in [4.69, 9.17) is 14.7 Å². The van der Waals surface area contributed by atoms with E-state index in [1.54, 1.807) is 6.07 Å². The predicted octanol–water partition coefficient (Wildman–Crippen LogP) is 0.648. The molecule has 0 spiro atoms. The fourth-order valence-electron chi connectivity index (χ4n) is 1.18. The van der Waals surface area contributed by atoms with E-state index < -0.39 is 0 Å². The standard InChI is InChI=1S/C10H11N3O3/c1-15-9-3-7(5-11)8(13-12-6-14)4-10(9)16-2/h3-4,6,13H,1-2H3,(H,12,14). The highest BCUT2D eigenvalue weighted by Gasteiger charge is 2.10. The Morgan fingerprint density at radius 2 is 1.94 bits per heavy atom.